The molecule has 0 bridgehead atoms. The smallest absolute Gasteiger partial charge is 0.258 e. The summed E-state index contributed by atoms with van der Waals surface area (Å²) in [5.41, 5.74) is 6.34. The van der Waals surface area contributed by atoms with Gasteiger partial charge in [-0.25, -0.2) is 0 Å². The zero-order valence-electron chi connectivity index (χ0n) is 10.5. The van der Waals surface area contributed by atoms with Crippen LogP contribution in [-0.2, 0) is 13.5 Å². The van der Waals surface area contributed by atoms with Gasteiger partial charge in [0.2, 0.25) is 0 Å². The van der Waals surface area contributed by atoms with Gasteiger partial charge in [0, 0.05) is 37.3 Å². The van der Waals surface area contributed by atoms with Crippen LogP contribution in [0.15, 0.2) is 27.6 Å². The van der Waals surface area contributed by atoms with Gasteiger partial charge < -0.3 is 14.8 Å². The first kappa shape index (κ1) is 12.5. The molecule has 0 radical (unpaired) electrons. The van der Waals surface area contributed by atoms with Crippen LogP contribution in [0.3, 0.4) is 0 Å². The third-order valence-corrected chi connectivity index (χ3v) is 2.79. The third kappa shape index (κ3) is 2.65. The van der Waals surface area contributed by atoms with Crippen LogP contribution in [0, 0.1) is 0 Å². The molecule has 0 spiro atoms. The van der Waals surface area contributed by atoms with Crippen molar-refractivity contribution in [2.24, 2.45) is 12.8 Å². The maximum atomic E-state index is 11.5. The van der Waals surface area contributed by atoms with Crippen molar-refractivity contribution in [3.05, 3.63) is 34.5 Å². The first-order valence-electron chi connectivity index (χ1n) is 5.85. The molecule has 1 atom stereocenters. The molecule has 1 unspecified atom stereocenters. The Labute approximate surface area is 104 Å². The van der Waals surface area contributed by atoms with Crippen LogP contribution >= 0.6 is 0 Å². The SMILES string of the molecule is CCC(N)Cc1noc(-c2ccn(C)c(=O)c2)n1. The van der Waals surface area contributed by atoms with Gasteiger partial charge in [-0.3, -0.25) is 4.79 Å². The summed E-state index contributed by atoms with van der Waals surface area (Å²) in [5.74, 6) is 0.922. The molecule has 0 aromatic carbocycles. The van der Waals surface area contributed by atoms with Crippen LogP contribution in [0.4, 0.5) is 0 Å². The minimum Gasteiger partial charge on any atom is -0.334 e. The fourth-order valence-electron chi connectivity index (χ4n) is 1.51. The van der Waals surface area contributed by atoms with Crippen LogP contribution < -0.4 is 11.3 Å². The molecule has 6 nitrogen and oxygen atoms in total. The maximum Gasteiger partial charge on any atom is 0.258 e. The van der Waals surface area contributed by atoms with Crippen molar-refractivity contribution in [1.82, 2.24) is 14.7 Å². The van der Waals surface area contributed by atoms with Crippen molar-refractivity contribution in [3.63, 3.8) is 0 Å². The summed E-state index contributed by atoms with van der Waals surface area (Å²) in [7, 11) is 1.69. The van der Waals surface area contributed by atoms with E-state index in [4.69, 9.17) is 10.3 Å². The fourth-order valence-corrected chi connectivity index (χ4v) is 1.51. The molecule has 0 saturated heterocycles. The van der Waals surface area contributed by atoms with Crippen LogP contribution in [0.2, 0.25) is 0 Å². The Hall–Kier alpha value is -1.95. The van der Waals surface area contributed by atoms with Crippen molar-refractivity contribution in [2.75, 3.05) is 0 Å². The molecular weight excluding hydrogens is 232 g/mol. The van der Waals surface area contributed by atoms with E-state index in [2.05, 4.69) is 10.1 Å². The Morgan fingerprint density at radius 3 is 3.00 bits per heavy atom. The second kappa shape index (κ2) is 5.14. The molecule has 0 fully saturated rings. The van der Waals surface area contributed by atoms with Crippen LogP contribution in [0.25, 0.3) is 11.5 Å². The molecule has 0 saturated carbocycles. The van der Waals surface area contributed by atoms with Gasteiger partial charge in [0.15, 0.2) is 5.82 Å². The molecule has 2 aromatic heterocycles. The molecule has 18 heavy (non-hydrogen) atoms. The van der Waals surface area contributed by atoms with E-state index in [1.165, 1.54) is 10.6 Å². The molecule has 0 aliphatic heterocycles. The number of hydrogen-bond donors (Lipinski definition) is 1. The zero-order chi connectivity index (χ0) is 13.1. The Bertz CT molecular complexity index is 588. The predicted molar refractivity (Wildman–Crippen MR) is 66.9 cm³/mol. The van der Waals surface area contributed by atoms with Gasteiger partial charge in [-0.1, -0.05) is 12.1 Å². The van der Waals surface area contributed by atoms with Crippen LogP contribution in [-0.4, -0.2) is 20.7 Å². The summed E-state index contributed by atoms with van der Waals surface area (Å²) in [6, 6.07) is 3.26. The molecule has 2 aromatic rings. The van der Waals surface area contributed by atoms with Gasteiger partial charge >= 0.3 is 0 Å². The molecule has 0 aliphatic carbocycles. The lowest BCUT2D eigenvalue weighted by Crippen LogP contribution is -2.21. The predicted octanol–water partition coefficient (Wildman–Crippen LogP) is 0.715. The van der Waals surface area contributed by atoms with Gasteiger partial charge in [0.1, 0.15) is 0 Å². The molecule has 0 aliphatic rings. The first-order chi connectivity index (χ1) is 8.60. The molecule has 6 heteroatoms. The molecular formula is C12H16N4O2. The van der Waals surface area contributed by atoms with E-state index in [-0.39, 0.29) is 11.6 Å². The summed E-state index contributed by atoms with van der Waals surface area (Å²) in [5, 5.41) is 3.86. The molecule has 2 N–H and O–H groups in total. The molecule has 96 valence electrons. The van der Waals surface area contributed by atoms with E-state index in [0.717, 1.165) is 6.42 Å². The lowest BCUT2D eigenvalue weighted by atomic mass is 10.1. The Kier molecular flexibility index (Phi) is 3.57. The van der Waals surface area contributed by atoms with Crippen molar-refractivity contribution in [2.45, 2.75) is 25.8 Å². The quantitative estimate of drug-likeness (QED) is 0.861. The lowest BCUT2D eigenvalue weighted by Gasteiger charge is -2.02. The van der Waals surface area contributed by atoms with Gasteiger partial charge in [-0.05, 0) is 12.5 Å². The highest BCUT2D eigenvalue weighted by Gasteiger charge is 2.11. The minimum atomic E-state index is -0.113. The highest BCUT2D eigenvalue weighted by molar-refractivity contribution is 5.51. The topological polar surface area (TPSA) is 86.9 Å². The van der Waals surface area contributed by atoms with E-state index in [1.54, 1.807) is 19.3 Å². The van der Waals surface area contributed by atoms with Crippen LogP contribution in [0.1, 0.15) is 19.2 Å². The van der Waals surface area contributed by atoms with Crippen molar-refractivity contribution in [3.8, 4) is 11.5 Å². The third-order valence-electron chi connectivity index (χ3n) is 2.79. The minimum absolute atomic E-state index is 0.0269. The standard InChI is InChI=1S/C12H16N4O2/c1-3-9(13)7-10-14-12(18-15-10)8-4-5-16(2)11(17)6-8/h4-6,9H,3,7,13H2,1-2H3. The maximum absolute atomic E-state index is 11.5. The fraction of sp³-hybridized carbons (Fsp3) is 0.417. The summed E-state index contributed by atoms with van der Waals surface area (Å²) in [6.07, 6.45) is 3.10. The van der Waals surface area contributed by atoms with Crippen molar-refractivity contribution in [1.29, 1.82) is 0 Å². The zero-order valence-corrected chi connectivity index (χ0v) is 10.5. The van der Waals surface area contributed by atoms with E-state index in [9.17, 15) is 4.79 Å². The largest absolute Gasteiger partial charge is 0.334 e. The molecule has 0 amide bonds. The highest BCUT2D eigenvalue weighted by atomic mass is 16.5. The highest BCUT2D eigenvalue weighted by Crippen LogP contribution is 2.15. The number of aromatic nitrogens is 3. The summed E-state index contributed by atoms with van der Waals surface area (Å²) < 4.78 is 6.61. The van der Waals surface area contributed by atoms with E-state index < -0.39 is 0 Å². The number of pyridine rings is 1. The Morgan fingerprint density at radius 1 is 1.56 bits per heavy atom. The van der Waals surface area contributed by atoms with Crippen LogP contribution in [0.5, 0.6) is 0 Å². The summed E-state index contributed by atoms with van der Waals surface area (Å²) in [6.45, 7) is 2.01. The van der Waals surface area contributed by atoms with Crippen molar-refractivity contribution < 1.29 is 4.52 Å². The van der Waals surface area contributed by atoms with Gasteiger partial charge in [0.05, 0.1) is 0 Å². The van der Waals surface area contributed by atoms with Gasteiger partial charge in [0.25, 0.3) is 11.4 Å². The average molecular weight is 248 g/mol. The summed E-state index contributed by atoms with van der Waals surface area (Å²) >= 11 is 0. The van der Waals surface area contributed by atoms with E-state index in [0.29, 0.717) is 23.7 Å². The second-order valence-corrected chi connectivity index (χ2v) is 4.25. The number of hydrogen-bond acceptors (Lipinski definition) is 5. The Morgan fingerprint density at radius 2 is 2.33 bits per heavy atom. The summed E-state index contributed by atoms with van der Waals surface area (Å²) in [4.78, 5) is 15.7. The Balaban J connectivity index is 2.24. The number of aryl methyl sites for hydroxylation is 1. The average Bonchev–Trinajstić information content (AvgIpc) is 2.81. The van der Waals surface area contributed by atoms with E-state index in [1.807, 2.05) is 6.92 Å². The monoisotopic (exact) mass is 248 g/mol. The normalized spacial score (nSPS) is 12.6. The number of rotatable bonds is 4. The van der Waals surface area contributed by atoms with Gasteiger partial charge in [-0.2, -0.15) is 4.98 Å². The number of nitrogens with two attached hydrogens (primary N) is 1. The van der Waals surface area contributed by atoms with Crippen molar-refractivity contribution >= 4 is 0 Å². The molecule has 2 rings (SSSR count). The first-order valence-corrected chi connectivity index (χ1v) is 5.85. The lowest BCUT2D eigenvalue weighted by molar-refractivity contribution is 0.419. The van der Waals surface area contributed by atoms with Gasteiger partial charge in [-0.15, -0.1) is 0 Å². The molecule has 2 heterocycles. The second-order valence-electron chi connectivity index (χ2n) is 4.25. The van der Waals surface area contributed by atoms with E-state index >= 15 is 0 Å². The number of nitrogens with zero attached hydrogens (tertiary/aromatic N) is 3.